The highest BCUT2D eigenvalue weighted by molar-refractivity contribution is 7.98. The average molecular weight is 375 g/mol. The van der Waals surface area contributed by atoms with Crippen molar-refractivity contribution >= 4 is 40.4 Å². The van der Waals surface area contributed by atoms with E-state index < -0.39 is 17.7 Å². The number of aromatic nitrogens is 1. The zero-order chi connectivity index (χ0) is 19.2. The Bertz CT molecular complexity index is 769. The van der Waals surface area contributed by atoms with Gasteiger partial charge in [-0.15, -0.1) is 0 Å². The summed E-state index contributed by atoms with van der Waals surface area (Å²) in [6.45, 7) is 5.35. The lowest BCUT2D eigenvalue weighted by atomic mass is 10.1. The summed E-state index contributed by atoms with van der Waals surface area (Å²) in [5.74, 6) is 0.449. The zero-order valence-electron chi connectivity index (χ0n) is 15.5. The van der Waals surface area contributed by atoms with Crippen molar-refractivity contribution in [1.82, 2.24) is 10.3 Å². The molecule has 1 aromatic carbocycles. The van der Waals surface area contributed by atoms with Gasteiger partial charge in [0.2, 0.25) is 5.91 Å². The molecule has 140 valence electrons. The Balaban J connectivity index is 2.14. The number of amides is 2. The number of carbonyl (C=O) groups is 2. The summed E-state index contributed by atoms with van der Waals surface area (Å²) >= 11 is 1.61. The topological polar surface area (TPSA) is 80.3 Å². The molecule has 0 fully saturated rings. The van der Waals surface area contributed by atoms with Gasteiger partial charge < -0.3 is 15.4 Å². The molecule has 2 N–H and O–H groups in total. The number of hydrogen-bond acceptors (Lipinski definition) is 5. The van der Waals surface area contributed by atoms with Crippen LogP contribution in [-0.4, -0.2) is 40.6 Å². The monoisotopic (exact) mass is 375 g/mol. The van der Waals surface area contributed by atoms with E-state index in [1.54, 1.807) is 44.8 Å². The first-order chi connectivity index (χ1) is 12.3. The first-order valence-corrected chi connectivity index (χ1v) is 9.82. The molecule has 2 amide bonds. The van der Waals surface area contributed by atoms with E-state index in [0.717, 1.165) is 11.1 Å². The van der Waals surface area contributed by atoms with Crippen LogP contribution in [0.3, 0.4) is 0 Å². The van der Waals surface area contributed by atoms with Crippen molar-refractivity contribution in [2.45, 2.75) is 38.8 Å². The highest BCUT2D eigenvalue weighted by Crippen LogP contribution is 2.21. The lowest BCUT2D eigenvalue weighted by molar-refractivity contribution is -0.118. The Morgan fingerprint density at radius 1 is 1.23 bits per heavy atom. The van der Waals surface area contributed by atoms with E-state index in [1.165, 1.54) is 0 Å². The summed E-state index contributed by atoms with van der Waals surface area (Å²) in [7, 11) is 0. The normalized spacial score (nSPS) is 12.5. The van der Waals surface area contributed by atoms with E-state index in [9.17, 15) is 9.59 Å². The molecule has 0 saturated carbocycles. The number of nitrogens with zero attached hydrogens (tertiary/aromatic N) is 1. The molecule has 26 heavy (non-hydrogen) atoms. The van der Waals surface area contributed by atoms with Gasteiger partial charge in [0.25, 0.3) is 0 Å². The SMILES string of the molecule is CSCCC(NC(=O)OC(C)(C)C)C(=O)Nc1cccc2cccnc12. The predicted octanol–water partition coefficient (Wildman–Crippen LogP) is 3.82. The third-order valence-electron chi connectivity index (χ3n) is 3.51. The molecule has 0 saturated heterocycles. The summed E-state index contributed by atoms with van der Waals surface area (Å²) in [5.41, 5.74) is 0.710. The molecule has 1 unspecified atom stereocenters. The maximum atomic E-state index is 12.7. The molecule has 1 atom stereocenters. The Hall–Kier alpha value is -2.28. The minimum absolute atomic E-state index is 0.289. The minimum Gasteiger partial charge on any atom is -0.444 e. The molecule has 1 aromatic heterocycles. The average Bonchev–Trinajstić information content (AvgIpc) is 2.57. The molecule has 2 aromatic rings. The van der Waals surface area contributed by atoms with E-state index in [-0.39, 0.29) is 5.91 Å². The Morgan fingerprint density at radius 3 is 2.65 bits per heavy atom. The molecule has 0 aliphatic carbocycles. The number of fused-ring (bicyclic) bond motifs is 1. The highest BCUT2D eigenvalue weighted by Gasteiger charge is 2.24. The molecule has 2 rings (SSSR count). The van der Waals surface area contributed by atoms with Crippen LogP contribution in [0.25, 0.3) is 10.9 Å². The third kappa shape index (κ3) is 5.91. The lowest BCUT2D eigenvalue weighted by Crippen LogP contribution is -2.46. The van der Waals surface area contributed by atoms with Crippen molar-refractivity contribution in [3.63, 3.8) is 0 Å². The summed E-state index contributed by atoms with van der Waals surface area (Å²) in [6, 6.07) is 8.68. The fraction of sp³-hybridized carbons (Fsp3) is 0.421. The highest BCUT2D eigenvalue weighted by atomic mass is 32.2. The largest absolute Gasteiger partial charge is 0.444 e. The number of ether oxygens (including phenoxy) is 1. The van der Waals surface area contributed by atoms with E-state index in [4.69, 9.17) is 4.74 Å². The van der Waals surface area contributed by atoms with Crippen LogP contribution in [0.1, 0.15) is 27.2 Å². The van der Waals surface area contributed by atoms with Crippen LogP contribution >= 0.6 is 11.8 Å². The first kappa shape index (κ1) is 20.0. The smallest absolute Gasteiger partial charge is 0.408 e. The van der Waals surface area contributed by atoms with Gasteiger partial charge in [-0.05, 0) is 51.3 Å². The van der Waals surface area contributed by atoms with Crippen LogP contribution in [0.2, 0.25) is 0 Å². The third-order valence-corrected chi connectivity index (χ3v) is 4.15. The summed E-state index contributed by atoms with van der Waals surface area (Å²) in [5, 5.41) is 6.49. The summed E-state index contributed by atoms with van der Waals surface area (Å²) < 4.78 is 5.27. The molecular formula is C19H25N3O3S. The number of para-hydroxylation sites is 1. The Labute approximate surface area is 158 Å². The van der Waals surface area contributed by atoms with Crippen LogP contribution in [0.4, 0.5) is 10.5 Å². The van der Waals surface area contributed by atoms with Crippen molar-refractivity contribution < 1.29 is 14.3 Å². The molecular weight excluding hydrogens is 350 g/mol. The van der Waals surface area contributed by atoms with Gasteiger partial charge in [0, 0.05) is 11.6 Å². The van der Waals surface area contributed by atoms with Crippen molar-refractivity contribution in [2.24, 2.45) is 0 Å². The molecule has 0 radical (unpaired) electrons. The van der Waals surface area contributed by atoms with Gasteiger partial charge in [-0.1, -0.05) is 18.2 Å². The Kier molecular flexibility index (Phi) is 6.85. The number of thioether (sulfide) groups is 1. The van der Waals surface area contributed by atoms with Crippen molar-refractivity contribution in [3.8, 4) is 0 Å². The van der Waals surface area contributed by atoms with Gasteiger partial charge >= 0.3 is 6.09 Å². The second-order valence-corrected chi connectivity index (χ2v) is 7.84. The van der Waals surface area contributed by atoms with Gasteiger partial charge in [-0.25, -0.2) is 4.79 Å². The maximum Gasteiger partial charge on any atom is 0.408 e. The molecule has 0 bridgehead atoms. The summed E-state index contributed by atoms with van der Waals surface area (Å²) in [6.07, 6.45) is 3.54. The molecule has 0 spiro atoms. The standard InChI is InChI=1S/C19H25N3O3S/c1-19(2,3)25-18(24)22-15(10-12-26-4)17(23)21-14-9-5-7-13-8-6-11-20-16(13)14/h5-9,11,15H,10,12H2,1-4H3,(H,21,23)(H,22,24). The summed E-state index contributed by atoms with van der Waals surface area (Å²) in [4.78, 5) is 29.1. The quantitative estimate of drug-likeness (QED) is 0.802. The molecule has 7 heteroatoms. The van der Waals surface area contributed by atoms with E-state index >= 15 is 0 Å². The van der Waals surface area contributed by atoms with Crippen LogP contribution in [0, 0.1) is 0 Å². The van der Waals surface area contributed by atoms with E-state index in [0.29, 0.717) is 17.6 Å². The minimum atomic E-state index is -0.684. The number of rotatable bonds is 6. The lowest BCUT2D eigenvalue weighted by Gasteiger charge is -2.23. The van der Waals surface area contributed by atoms with Crippen molar-refractivity contribution in [2.75, 3.05) is 17.3 Å². The van der Waals surface area contributed by atoms with Crippen LogP contribution < -0.4 is 10.6 Å². The Morgan fingerprint density at radius 2 is 1.96 bits per heavy atom. The number of carbonyl (C=O) groups excluding carboxylic acids is 2. The molecule has 6 nitrogen and oxygen atoms in total. The number of hydrogen-bond donors (Lipinski definition) is 2. The number of nitrogens with one attached hydrogen (secondary N) is 2. The predicted molar refractivity (Wildman–Crippen MR) is 107 cm³/mol. The second kappa shape index (κ2) is 8.89. The fourth-order valence-electron chi connectivity index (χ4n) is 2.38. The molecule has 1 heterocycles. The van der Waals surface area contributed by atoms with Gasteiger partial charge in [-0.3, -0.25) is 9.78 Å². The van der Waals surface area contributed by atoms with Crippen LogP contribution in [0.15, 0.2) is 36.5 Å². The number of pyridine rings is 1. The fourth-order valence-corrected chi connectivity index (χ4v) is 2.85. The van der Waals surface area contributed by atoms with E-state index in [2.05, 4.69) is 15.6 Å². The number of anilines is 1. The van der Waals surface area contributed by atoms with Crippen LogP contribution in [-0.2, 0) is 9.53 Å². The molecule has 0 aliphatic rings. The zero-order valence-corrected chi connectivity index (χ0v) is 16.4. The van der Waals surface area contributed by atoms with Gasteiger partial charge in [0.1, 0.15) is 11.6 Å². The number of benzene rings is 1. The first-order valence-electron chi connectivity index (χ1n) is 8.43. The van der Waals surface area contributed by atoms with Crippen LogP contribution in [0.5, 0.6) is 0 Å². The van der Waals surface area contributed by atoms with Crippen molar-refractivity contribution in [3.05, 3.63) is 36.5 Å². The van der Waals surface area contributed by atoms with Gasteiger partial charge in [-0.2, -0.15) is 11.8 Å². The second-order valence-electron chi connectivity index (χ2n) is 6.85. The van der Waals surface area contributed by atoms with Crippen molar-refractivity contribution in [1.29, 1.82) is 0 Å². The molecule has 0 aliphatic heterocycles. The maximum absolute atomic E-state index is 12.7. The van der Waals surface area contributed by atoms with E-state index in [1.807, 2.05) is 30.5 Å². The van der Waals surface area contributed by atoms with Gasteiger partial charge in [0.15, 0.2) is 0 Å². The number of alkyl carbamates (subject to hydrolysis) is 1. The van der Waals surface area contributed by atoms with Gasteiger partial charge in [0.05, 0.1) is 11.2 Å².